The summed E-state index contributed by atoms with van der Waals surface area (Å²) in [5, 5.41) is 2.81. The molecule has 0 aromatic heterocycles. The first-order valence-electron chi connectivity index (χ1n) is 14.1. The highest BCUT2D eigenvalue weighted by atomic mass is 16.5. The zero-order valence-electron chi connectivity index (χ0n) is 23.9. The largest absolute Gasteiger partial charge is 0.489 e. The van der Waals surface area contributed by atoms with Crippen molar-refractivity contribution in [3.05, 3.63) is 156 Å². The third-order valence-corrected chi connectivity index (χ3v) is 7.02. The van der Waals surface area contributed by atoms with Crippen molar-refractivity contribution in [2.45, 2.75) is 25.7 Å². The predicted octanol–water partition coefficient (Wildman–Crippen LogP) is 7.03. The van der Waals surface area contributed by atoms with Crippen LogP contribution in [-0.4, -0.2) is 25.0 Å². The molecule has 5 aromatic carbocycles. The number of amides is 1. The van der Waals surface area contributed by atoms with Crippen molar-refractivity contribution >= 4 is 11.9 Å². The van der Waals surface area contributed by atoms with Crippen LogP contribution in [0.3, 0.4) is 0 Å². The molecule has 5 aromatic rings. The maximum Gasteiger partial charge on any atom is 0.328 e. The van der Waals surface area contributed by atoms with Crippen LogP contribution in [-0.2, 0) is 29.2 Å². The molecule has 0 unspecified atom stereocenters. The first-order valence-corrected chi connectivity index (χ1v) is 14.1. The Hall–Kier alpha value is -5.36. The van der Waals surface area contributed by atoms with Crippen molar-refractivity contribution in [1.82, 2.24) is 5.32 Å². The Bertz CT molecular complexity index is 1620. The van der Waals surface area contributed by atoms with Crippen molar-refractivity contribution < 1.29 is 23.8 Å². The molecule has 0 aliphatic carbocycles. The number of benzene rings is 5. The molecule has 5 rings (SSSR count). The van der Waals surface area contributed by atoms with Gasteiger partial charge < -0.3 is 19.5 Å². The molecule has 0 saturated carbocycles. The van der Waals surface area contributed by atoms with Gasteiger partial charge in [0.2, 0.25) is 0 Å². The second-order valence-corrected chi connectivity index (χ2v) is 10.0. The van der Waals surface area contributed by atoms with E-state index >= 15 is 0 Å². The number of rotatable bonds is 12. The van der Waals surface area contributed by atoms with Crippen LogP contribution in [0.2, 0.25) is 0 Å². The van der Waals surface area contributed by atoms with E-state index in [0.29, 0.717) is 24.5 Å². The van der Waals surface area contributed by atoms with Gasteiger partial charge in [0.15, 0.2) is 0 Å². The fraction of sp³-hybridized carbons (Fsp3) is 0.135. The number of esters is 1. The van der Waals surface area contributed by atoms with E-state index in [2.05, 4.69) is 23.5 Å². The van der Waals surface area contributed by atoms with E-state index in [9.17, 15) is 9.59 Å². The lowest BCUT2D eigenvalue weighted by molar-refractivity contribution is -0.142. The predicted molar refractivity (Wildman–Crippen MR) is 167 cm³/mol. The number of ether oxygens (including phenoxy) is 3. The molecule has 0 radical (unpaired) electrons. The maximum atomic E-state index is 13.1. The topological polar surface area (TPSA) is 73.9 Å². The van der Waals surface area contributed by atoms with Crippen molar-refractivity contribution in [1.29, 1.82) is 0 Å². The third-order valence-electron chi connectivity index (χ3n) is 7.02. The summed E-state index contributed by atoms with van der Waals surface area (Å²) in [4.78, 5) is 25.6. The molecular formula is C37H33NO5. The maximum absolute atomic E-state index is 13.1. The smallest absolute Gasteiger partial charge is 0.328 e. The van der Waals surface area contributed by atoms with Gasteiger partial charge in [-0.25, -0.2) is 4.79 Å². The highest BCUT2D eigenvalue weighted by Crippen LogP contribution is 2.25. The zero-order chi connectivity index (χ0) is 29.9. The lowest BCUT2D eigenvalue weighted by Crippen LogP contribution is -2.43. The molecule has 6 heteroatoms. The van der Waals surface area contributed by atoms with Gasteiger partial charge in [0.1, 0.15) is 30.8 Å². The minimum absolute atomic E-state index is 0.277. The monoisotopic (exact) mass is 571 g/mol. The average molecular weight is 572 g/mol. The Balaban J connectivity index is 1.17. The van der Waals surface area contributed by atoms with Gasteiger partial charge >= 0.3 is 5.97 Å². The summed E-state index contributed by atoms with van der Waals surface area (Å²) >= 11 is 0. The lowest BCUT2D eigenvalue weighted by atomic mass is 10.0. The molecule has 0 saturated heterocycles. The van der Waals surface area contributed by atoms with Gasteiger partial charge in [-0.2, -0.15) is 0 Å². The highest BCUT2D eigenvalue weighted by molar-refractivity contribution is 5.97. The number of carbonyl (C=O) groups excluding carboxylic acids is 2. The molecule has 0 aliphatic rings. The van der Waals surface area contributed by atoms with Gasteiger partial charge in [0.25, 0.3) is 5.91 Å². The van der Waals surface area contributed by atoms with Gasteiger partial charge in [-0.05, 0) is 64.2 Å². The molecule has 0 bridgehead atoms. The summed E-state index contributed by atoms with van der Waals surface area (Å²) in [7, 11) is 1.31. The molecule has 216 valence electrons. The first kappa shape index (κ1) is 29.1. The molecule has 1 N–H and O–H groups in total. The Morgan fingerprint density at radius 3 is 1.88 bits per heavy atom. The van der Waals surface area contributed by atoms with Crippen LogP contribution in [0.4, 0.5) is 0 Å². The van der Waals surface area contributed by atoms with E-state index in [1.165, 1.54) is 7.11 Å². The number of hydrogen-bond acceptors (Lipinski definition) is 5. The van der Waals surface area contributed by atoms with E-state index in [0.717, 1.165) is 33.6 Å². The summed E-state index contributed by atoms with van der Waals surface area (Å²) in [6.45, 7) is 0.850. The lowest BCUT2D eigenvalue weighted by Gasteiger charge is -2.17. The molecule has 0 spiro atoms. The average Bonchev–Trinajstić information content (AvgIpc) is 3.07. The fourth-order valence-electron chi connectivity index (χ4n) is 4.68. The van der Waals surface area contributed by atoms with Gasteiger partial charge in [-0.1, -0.05) is 97.1 Å². The number of hydrogen-bond donors (Lipinski definition) is 1. The summed E-state index contributed by atoms with van der Waals surface area (Å²) in [5.74, 6) is 0.463. The molecule has 0 fully saturated rings. The SMILES string of the molecule is COC(=O)[C@H](Cc1ccc(OCc2ccccc2)cc1)NC(=O)c1ccc(OCc2ccccc2-c2ccccc2)cc1. The van der Waals surface area contributed by atoms with Crippen LogP contribution < -0.4 is 14.8 Å². The fourth-order valence-corrected chi connectivity index (χ4v) is 4.68. The van der Waals surface area contributed by atoms with E-state index in [1.54, 1.807) is 24.3 Å². The number of methoxy groups -OCH3 is 1. The van der Waals surface area contributed by atoms with Gasteiger partial charge in [0, 0.05) is 12.0 Å². The third kappa shape index (κ3) is 8.11. The van der Waals surface area contributed by atoms with Crippen molar-refractivity contribution in [2.24, 2.45) is 0 Å². The second kappa shape index (κ2) is 14.5. The zero-order valence-corrected chi connectivity index (χ0v) is 23.9. The molecule has 43 heavy (non-hydrogen) atoms. The van der Waals surface area contributed by atoms with E-state index in [-0.39, 0.29) is 12.3 Å². The van der Waals surface area contributed by atoms with Crippen molar-refractivity contribution in [3.63, 3.8) is 0 Å². The Morgan fingerprint density at radius 1 is 0.628 bits per heavy atom. The van der Waals surface area contributed by atoms with Gasteiger partial charge in [-0.3, -0.25) is 4.79 Å². The molecule has 6 nitrogen and oxygen atoms in total. The molecule has 0 aliphatic heterocycles. The van der Waals surface area contributed by atoms with Crippen LogP contribution in [0.25, 0.3) is 11.1 Å². The molecule has 0 heterocycles. The van der Waals surface area contributed by atoms with Crippen LogP contribution in [0, 0.1) is 0 Å². The molecular weight excluding hydrogens is 538 g/mol. The summed E-state index contributed by atoms with van der Waals surface area (Å²) < 4.78 is 16.9. The van der Waals surface area contributed by atoms with Gasteiger partial charge in [0.05, 0.1) is 7.11 Å². The second-order valence-electron chi connectivity index (χ2n) is 10.0. The first-order chi connectivity index (χ1) is 21.1. The highest BCUT2D eigenvalue weighted by Gasteiger charge is 2.23. The number of nitrogens with one attached hydrogen (secondary N) is 1. The molecule has 1 atom stereocenters. The summed E-state index contributed by atoms with van der Waals surface area (Å²) in [5.41, 5.74) is 5.65. The van der Waals surface area contributed by atoms with E-state index < -0.39 is 12.0 Å². The standard InChI is InChI=1S/C37H33NO5/c1-41-37(40)35(24-27-16-20-32(21-17-27)42-25-28-10-4-2-5-11-28)38-36(39)30-18-22-33(23-19-30)43-26-31-14-8-9-15-34(31)29-12-6-3-7-13-29/h2-23,35H,24-26H2,1H3,(H,38,39)/t35-/m0/s1. The Morgan fingerprint density at radius 2 is 1.21 bits per heavy atom. The van der Waals surface area contributed by atoms with Crippen LogP contribution in [0.15, 0.2) is 133 Å². The summed E-state index contributed by atoms with van der Waals surface area (Å²) in [6.07, 6.45) is 0.277. The summed E-state index contributed by atoms with van der Waals surface area (Å²) in [6, 6.07) is 41.7. The minimum atomic E-state index is -0.848. The van der Waals surface area contributed by atoms with Crippen LogP contribution in [0.1, 0.15) is 27.0 Å². The Kier molecular flexibility index (Phi) is 9.83. The number of carbonyl (C=O) groups is 2. The van der Waals surface area contributed by atoms with Gasteiger partial charge in [-0.15, -0.1) is 0 Å². The molecule has 1 amide bonds. The van der Waals surface area contributed by atoms with E-state index in [4.69, 9.17) is 14.2 Å². The quantitative estimate of drug-likeness (QED) is 0.163. The minimum Gasteiger partial charge on any atom is -0.489 e. The van der Waals surface area contributed by atoms with E-state index in [1.807, 2.05) is 91.0 Å². The Labute approximate surface area is 251 Å². The normalized spacial score (nSPS) is 11.3. The van der Waals surface area contributed by atoms with Crippen LogP contribution >= 0.6 is 0 Å². The van der Waals surface area contributed by atoms with Crippen LogP contribution in [0.5, 0.6) is 11.5 Å². The van der Waals surface area contributed by atoms with Crippen molar-refractivity contribution in [2.75, 3.05) is 7.11 Å². The van der Waals surface area contributed by atoms with Crippen molar-refractivity contribution in [3.8, 4) is 22.6 Å².